The maximum Gasteiger partial charge on any atom is 0.123 e. The predicted octanol–water partition coefficient (Wildman–Crippen LogP) is 4.50. The molecule has 4 heteroatoms. The van der Waals surface area contributed by atoms with Crippen LogP contribution in [0.25, 0.3) is 11.1 Å². The minimum atomic E-state index is -0.226. The summed E-state index contributed by atoms with van der Waals surface area (Å²) in [4.78, 5) is 0. The highest BCUT2D eigenvalue weighted by Gasteiger charge is 2.03. The van der Waals surface area contributed by atoms with Crippen molar-refractivity contribution in [1.82, 2.24) is 9.78 Å². The van der Waals surface area contributed by atoms with Crippen LogP contribution in [-0.4, -0.2) is 9.78 Å². The maximum absolute atomic E-state index is 12.9. The van der Waals surface area contributed by atoms with Crippen molar-refractivity contribution in [3.05, 3.63) is 76.8 Å². The molecule has 0 atom stereocenters. The molecule has 0 unspecified atom stereocenters. The Morgan fingerprint density at radius 2 is 1.65 bits per heavy atom. The quantitative estimate of drug-likeness (QED) is 0.691. The molecule has 100 valence electrons. The van der Waals surface area contributed by atoms with Gasteiger partial charge in [-0.05, 0) is 35.4 Å². The predicted molar refractivity (Wildman–Crippen MR) is 80.9 cm³/mol. The molecule has 0 aliphatic heterocycles. The summed E-state index contributed by atoms with van der Waals surface area (Å²) in [5, 5.41) is 4.34. The second-order valence-corrected chi connectivity index (χ2v) is 5.48. The molecular weight excluding hydrogens is 319 g/mol. The number of benzene rings is 2. The van der Waals surface area contributed by atoms with Gasteiger partial charge in [-0.3, -0.25) is 4.68 Å². The number of halogens is 2. The molecule has 0 amide bonds. The third-order valence-corrected chi connectivity index (χ3v) is 3.60. The molecule has 0 saturated heterocycles. The molecule has 3 aromatic rings. The Hall–Kier alpha value is -1.94. The van der Waals surface area contributed by atoms with Crippen molar-refractivity contribution < 1.29 is 4.39 Å². The molecule has 0 spiro atoms. The Bertz CT molecular complexity index is 702. The van der Waals surface area contributed by atoms with Gasteiger partial charge in [-0.1, -0.05) is 40.2 Å². The van der Waals surface area contributed by atoms with E-state index in [0.29, 0.717) is 6.54 Å². The average Bonchev–Trinajstić information content (AvgIpc) is 2.91. The molecule has 2 nitrogen and oxygen atoms in total. The molecule has 20 heavy (non-hydrogen) atoms. The summed E-state index contributed by atoms with van der Waals surface area (Å²) in [5.74, 6) is -0.226. The zero-order valence-electron chi connectivity index (χ0n) is 10.6. The lowest BCUT2D eigenvalue weighted by Gasteiger charge is -2.02. The standard InChI is InChI=1S/C16H12BrFN2/c17-15-5-1-12(2-6-15)10-20-11-14(9-19-20)13-3-7-16(18)8-4-13/h1-9,11H,10H2. The number of nitrogens with zero attached hydrogens (tertiary/aromatic N) is 2. The number of rotatable bonds is 3. The molecule has 3 rings (SSSR count). The fourth-order valence-electron chi connectivity index (χ4n) is 2.02. The first-order valence-corrected chi connectivity index (χ1v) is 7.03. The summed E-state index contributed by atoms with van der Waals surface area (Å²) < 4.78 is 15.8. The summed E-state index contributed by atoms with van der Waals surface area (Å²) in [6.45, 7) is 0.717. The van der Waals surface area contributed by atoms with Crippen molar-refractivity contribution in [2.24, 2.45) is 0 Å². The first-order chi connectivity index (χ1) is 9.70. The zero-order chi connectivity index (χ0) is 13.9. The molecule has 0 fully saturated rings. The molecule has 0 bridgehead atoms. The van der Waals surface area contributed by atoms with Gasteiger partial charge in [0.05, 0.1) is 12.7 Å². The van der Waals surface area contributed by atoms with Crippen molar-refractivity contribution in [2.45, 2.75) is 6.54 Å². The molecule has 0 N–H and O–H groups in total. The molecule has 0 aliphatic rings. The van der Waals surface area contributed by atoms with E-state index < -0.39 is 0 Å². The molecule has 2 aromatic carbocycles. The Labute approximate surface area is 125 Å². The highest BCUT2D eigenvalue weighted by molar-refractivity contribution is 9.10. The van der Waals surface area contributed by atoms with E-state index in [-0.39, 0.29) is 5.82 Å². The smallest absolute Gasteiger partial charge is 0.123 e. The maximum atomic E-state index is 12.9. The number of hydrogen-bond donors (Lipinski definition) is 0. The van der Waals surface area contributed by atoms with Crippen LogP contribution in [0.1, 0.15) is 5.56 Å². The zero-order valence-corrected chi connectivity index (χ0v) is 12.2. The lowest BCUT2D eigenvalue weighted by atomic mass is 10.1. The first-order valence-electron chi connectivity index (χ1n) is 6.23. The highest BCUT2D eigenvalue weighted by Crippen LogP contribution is 2.19. The first kappa shape index (κ1) is 13.1. The van der Waals surface area contributed by atoms with E-state index in [4.69, 9.17) is 0 Å². The van der Waals surface area contributed by atoms with Gasteiger partial charge >= 0.3 is 0 Å². The molecule has 0 radical (unpaired) electrons. The van der Waals surface area contributed by atoms with E-state index in [0.717, 1.165) is 15.6 Å². The van der Waals surface area contributed by atoms with Crippen molar-refractivity contribution >= 4 is 15.9 Å². The lowest BCUT2D eigenvalue weighted by Crippen LogP contribution is -1.99. The summed E-state index contributed by atoms with van der Waals surface area (Å²) in [6, 6.07) is 14.6. The largest absolute Gasteiger partial charge is 0.268 e. The van der Waals surface area contributed by atoms with E-state index in [9.17, 15) is 4.39 Å². The highest BCUT2D eigenvalue weighted by atomic mass is 79.9. The van der Waals surface area contributed by atoms with Gasteiger partial charge in [0.15, 0.2) is 0 Å². The van der Waals surface area contributed by atoms with E-state index >= 15 is 0 Å². The third-order valence-electron chi connectivity index (χ3n) is 3.07. The van der Waals surface area contributed by atoms with Gasteiger partial charge in [0.1, 0.15) is 5.82 Å². The SMILES string of the molecule is Fc1ccc(-c2cnn(Cc3ccc(Br)cc3)c2)cc1. The summed E-state index contributed by atoms with van der Waals surface area (Å²) in [7, 11) is 0. The van der Waals surface area contributed by atoms with Gasteiger partial charge < -0.3 is 0 Å². The Kier molecular flexibility index (Phi) is 3.65. The lowest BCUT2D eigenvalue weighted by molar-refractivity contribution is 0.628. The van der Waals surface area contributed by atoms with Gasteiger partial charge in [-0.2, -0.15) is 5.10 Å². The molecule has 0 saturated carbocycles. The van der Waals surface area contributed by atoms with Gasteiger partial charge in [-0.15, -0.1) is 0 Å². The summed E-state index contributed by atoms with van der Waals surface area (Å²) in [6.07, 6.45) is 3.77. The fraction of sp³-hybridized carbons (Fsp3) is 0.0625. The van der Waals surface area contributed by atoms with Gasteiger partial charge in [0.2, 0.25) is 0 Å². The van der Waals surface area contributed by atoms with E-state index in [1.165, 1.54) is 17.7 Å². The Morgan fingerprint density at radius 1 is 0.950 bits per heavy atom. The van der Waals surface area contributed by atoms with Crippen LogP contribution in [-0.2, 0) is 6.54 Å². The Morgan fingerprint density at radius 3 is 2.35 bits per heavy atom. The van der Waals surface area contributed by atoms with Gasteiger partial charge in [0.25, 0.3) is 0 Å². The minimum absolute atomic E-state index is 0.226. The topological polar surface area (TPSA) is 17.8 Å². The molecule has 1 heterocycles. The van der Waals surface area contributed by atoms with Crippen LogP contribution in [0.3, 0.4) is 0 Å². The minimum Gasteiger partial charge on any atom is -0.268 e. The summed E-state index contributed by atoms with van der Waals surface area (Å²) >= 11 is 3.42. The van der Waals surface area contributed by atoms with Crippen LogP contribution in [0.4, 0.5) is 4.39 Å². The average molecular weight is 331 g/mol. The Balaban J connectivity index is 1.80. The van der Waals surface area contributed by atoms with Crippen molar-refractivity contribution in [3.8, 4) is 11.1 Å². The fourth-order valence-corrected chi connectivity index (χ4v) is 2.28. The van der Waals surface area contributed by atoms with Crippen LogP contribution in [0.5, 0.6) is 0 Å². The van der Waals surface area contributed by atoms with Crippen molar-refractivity contribution in [1.29, 1.82) is 0 Å². The summed E-state index contributed by atoms with van der Waals surface area (Å²) in [5.41, 5.74) is 3.14. The number of hydrogen-bond acceptors (Lipinski definition) is 1. The van der Waals surface area contributed by atoms with Gasteiger partial charge in [-0.25, -0.2) is 4.39 Å². The van der Waals surface area contributed by atoms with E-state index in [2.05, 4.69) is 33.2 Å². The molecular formula is C16H12BrFN2. The van der Waals surface area contributed by atoms with Gasteiger partial charge in [0, 0.05) is 16.2 Å². The van der Waals surface area contributed by atoms with Crippen LogP contribution < -0.4 is 0 Å². The second kappa shape index (κ2) is 5.59. The monoisotopic (exact) mass is 330 g/mol. The second-order valence-electron chi connectivity index (χ2n) is 4.56. The molecule has 0 aliphatic carbocycles. The normalized spacial score (nSPS) is 10.7. The third kappa shape index (κ3) is 2.96. The van der Waals surface area contributed by atoms with Crippen LogP contribution in [0.15, 0.2) is 65.4 Å². The van der Waals surface area contributed by atoms with Crippen molar-refractivity contribution in [2.75, 3.05) is 0 Å². The van der Waals surface area contributed by atoms with E-state index in [1.54, 1.807) is 18.3 Å². The van der Waals surface area contributed by atoms with E-state index in [1.807, 2.05) is 23.0 Å². The van der Waals surface area contributed by atoms with Crippen molar-refractivity contribution in [3.63, 3.8) is 0 Å². The van der Waals surface area contributed by atoms with Crippen LogP contribution in [0, 0.1) is 5.82 Å². The van der Waals surface area contributed by atoms with Crippen LogP contribution in [0.2, 0.25) is 0 Å². The number of aromatic nitrogens is 2. The van der Waals surface area contributed by atoms with Crippen LogP contribution >= 0.6 is 15.9 Å². The molecule has 1 aromatic heterocycles.